The Kier molecular flexibility index (Phi) is 5.97. The molecular formula is C13H19NO5S. The molecule has 1 atom stereocenters. The molecule has 0 unspecified atom stereocenters. The molecule has 0 saturated carbocycles. The Labute approximate surface area is 118 Å². The van der Waals surface area contributed by atoms with Crippen molar-refractivity contribution >= 4 is 21.8 Å². The monoisotopic (exact) mass is 301 g/mol. The molecule has 0 aliphatic heterocycles. The third-order valence-electron chi connectivity index (χ3n) is 2.63. The van der Waals surface area contributed by atoms with Gasteiger partial charge in [-0.1, -0.05) is 17.7 Å². The Bertz CT molecular complexity index is 538. The van der Waals surface area contributed by atoms with E-state index in [2.05, 4.69) is 5.32 Å². The van der Waals surface area contributed by atoms with Crippen LogP contribution in [0.15, 0.2) is 24.3 Å². The third kappa shape index (κ3) is 6.03. The largest absolute Gasteiger partial charge is 0.464 e. The highest BCUT2D eigenvalue weighted by Gasteiger charge is 2.22. The summed E-state index contributed by atoms with van der Waals surface area (Å²) in [7, 11) is -4.11. The summed E-state index contributed by atoms with van der Waals surface area (Å²) in [6.07, 6.45) is -0.0639. The van der Waals surface area contributed by atoms with Crippen LogP contribution in [0.25, 0.3) is 0 Å². The van der Waals surface area contributed by atoms with Gasteiger partial charge in [0.15, 0.2) is 0 Å². The zero-order valence-corrected chi connectivity index (χ0v) is 12.3. The van der Waals surface area contributed by atoms with Gasteiger partial charge in [0.05, 0.1) is 12.4 Å². The van der Waals surface area contributed by atoms with Crippen LogP contribution in [0.1, 0.15) is 18.9 Å². The number of hydrogen-bond acceptors (Lipinski definition) is 5. The van der Waals surface area contributed by atoms with E-state index in [1.807, 2.05) is 19.1 Å². The molecule has 1 aromatic rings. The first-order valence-electron chi connectivity index (χ1n) is 6.27. The first-order valence-corrected chi connectivity index (χ1v) is 7.87. The molecule has 0 heterocycles. The molecular weight excluding hydrogens is 282 g/mol. The maximum atomic E-state index is 11.8. The normalized spacial score (nSPS) is 12.8. The van der Waals surface area contributed by atoms with Gasteiger partial charge in [0.25, 0.3) is 10.1 Å². The fraction of sp³-hybridized carbons (Fsp3) is 0.462. The van der Waals surface area contributed by atoms with Gasteiger partial charge in [0.1, 0.15) is 6.04 Å². The highest BCUT2D eigenvalue weighted by Crippen LogP contribution is 2.13. The first kappa shape index (κ1) is 16.5. The Morgan fingerprint density at radius 2 is 1.95 bits per heavy atom. The second kappa shape index (κ2) is 7.25. The van der Waals surface area contributed by atoms with Crippen molar-refractivity contribution in [3.63, 3.8) is 0 Å². The van der Waals surface area contributed by atoms with Crippen molar-refractivity contribution in [2.45, 2.75) is 26.3 Å². The number of rotatable bonds is 7. The molecule has 0 radical (unpaired) electrons. The first-order chi connectivity index (χ1) is 9.31. The lowest BCUT2D eigenvalue weighted by molar-refractivity contribution is -0.144. The van der Waals surface area contributed by atoms with Crippen molar-refractivity contribution in [2.75, 3.05) is 17.7 Å². The van der Waals surface area contributed by atoms with E-state index in [1.165, 1.54) is 0 Å². The van der Waals surface area contributed by atoms with Gasteiger partial charge in [-0.05, 0) is 32.4 Å². The van der Waals surface area contributed by atoms with Crippen LogP contribution in [0.2, 0.25) is 0 Å². The van der Waals surface area contributed by atoms with Crippen molar-refractivity contribution < 1.29 is 22.5 Å². The topological polar surface area (TPSA) is 92.7 Å². The molecule has 0 saturated heterocycles. The van der Waals surface area contributed by atoms with Crippen LogP contribution >= 0.6 is 0 Å². The van der Waals surface area contributed by atoms with Gasteiger partial charge in [-0.2, -0.15) is 8.42 Å². The minimum absolute atomic E-state index is 0.0639. The second-order valence-corrected chi connectivity index (χ2v) is 5.96. The predicted octanol–water partition coefficient (Wildman–Crippen LogP) is 1.62. The summed E-state index contributed by atoms with van der Waals surface area (Å²) < 4.78 is 35.2. The van der Waals surface area contributed by atoms with Crippen molar-refractivity contribution in [3.8, 4) is 0 Å². The number of aryl methyl sites for hydroxylation is 1. The van der Waals surface area contributed by atoms with Crippen molar-refractivity contribution in [2.24, 2.45) is 0 Å². The van der Waals surface area contributed by atoms with Crippen LogP contribution in [-0.4, -0.2) is 37.3 Å². The van der Waals surface area contributed by atoms with E-state index in [4.69, 9.17) is 9.29 Å². The lowest BCUT2D eigenvalue weighted by atomic mass is 10.2. The highest BCUT2D eigenvalue weighted by atomic mass is 32.2. The maximum absolute atomic E-state index is 11.8. The number of nitrogens with one attached hydrogen (secondary N) is 1. The van der Waals surface area contributed by atoms with E-state index in [9.17, 15) is 13.2 Å². The van der Waals surface area contributed by atoms with E-state index < -0.39 is 27.9 Å². The smallest absolute Gasteiger partial charge is 0.328 e. The molecule has 0 aliphatic carbocycles. The molecule has 0 aromatic heterocycles. The van der Waals surface area contributed by atoms with E-state index in [1.54, 1.807) is 19.1 Å². The fourth-order valence-corrected chi connectivity index (χ4v) is 2.14. The summed E-state index contributed by atoms with van der Waals surface area (Å²) in [5.74, 6) is -1.05. The zero-order chi connectivity index (χ0) is 15.2. The van der Waals surface area contributed by atoms with Gasteiger partial charge in [0, 0.05) is 5.69 Å². The third-order valence-corrected chi connectivity index (χ3v) is 3.38. The standard InChI is InChI=1S/C13H19NO5S/c1-3-19-13(15)12(8-9-20(16,17)18)14-11-6-4-10(2)5-7-11/h4-7,12,14H,3,8-9H2,1-2H3,(H,16,17,18)/t12-/m0/s1. The summed E-state index contributed by atoms with van der Waals surface area (Å²) in [6.45, 7) is 3.81. The van der Waals surface area contributed by atoms with Crippen LogP contribution in [0, 0.1) is 6.92 Å². The minimum atomic E-state index is -4.11. The molecule has 1 aromatic carbocycles. The van der Waals surface area contributed by atoms with Gasteiger partial charge < -0.3 is 10.1 Å². The van der Waals surface area contributed by atoms with Gasteiger partial charge >= 0.3 is 5.97 Å². The van der Waals surface area contributed by atoms with Crippen LogP contribution in [0.5, 0.6) is 0 Å². The Hall–Kier alpha value is -1.60. The lowest BCUT2D eigenvalue weighted by Gasteiger charge is -2.18. The Balaban J connectivity index is 2.76. The molecule has 7 heteroatoms. The average Bonchev–Trinajstić information content (AvgIpc) is 2.36. The van der Waals surface area contributed by atoms with Crippen LogP contribution in [0.4, 0.5) is 5.69 Å². The van der Waals surface area contributed by atoms with Gasteiger partial charge in [-0.25, -0.2) is 4.79 Å². The van der Waals surface area contributed by atoms with Gasteiger partial charge in [0.2, 0.25) is 0 Å². The summed E-state index contributed by atoms with van der Waals surface area (Å²) in [4.78, 5) is 11.8. The molecule has 0 fully saturated rings. The molecule has 0 spiro atoms. The number of carbonyl (C=O) groups is 1. The van der Waals surface area contributed by atoms with Crippen LogP contribution in [-0.2, 0) is 19.6 Å². The number of carbonyl (C=O) groups excluding carboxylic acids is 1. The zero-order valence-electron chi connectivity index (χ0n) is 11.5. The molecule has 0 bridgehead atoms. The number of ether oxygens (including phenoxy) is 1. The van der Waals surface area contributed by atoms with E-state index in [0.29, 0.717) is 5.69 Å². The summed E-state index contributed by atoms with van der Waals surface area (Å²) in [5, 5.41) is 2.91. The Morgan fingerprint density at radius 1 is 1.35 bits per heavy atom. The SMILES string of the molecule is CCOC(=O)[C@H](CCS(=O)(=O)O)Nc1ccc(C)cc1. The fourth-order valence-electron chi connectivity index (χ4n) is 1.61. The van der Waals surface area contributed by atoms with Crippen LogP contribution < -0.4 is 5.32 Å². The number of anilines is 1. The number of hydrogen-bond donors (Lipinski definition) is 2. The highest BCUT2D eigenvalue weighted by molar-refractivity contribution is 7.85. The molecule has 20 heavy (non-hydrogen) atoms. The van der Waals surface area contributed by atoms with Crippen molar-refractivity contribution in [3.05, 3.63) is 29.8 Å². The number of esters is 1. The quantitative estimate of drug-likeness (QED) is 0.587. The summed E-state index contributed by atoms with van der Waals surface area (Å²) in [5.41, 5.74) is 1.75. The molecule has 0 aliphatic rings. The molecule has 6 nitrogen and oxygen atoms in total. The Morgan fingerprint density at radius 3 is 2.45 bits per heavy atom. The second-order valence-electron chi connectivity index (χ2n) is 4.39. The van der Waals surface area contributed by atoms with Crippen molar-refractivity contribution in [1.82, 2.24) is 0 Å². The predicted molar refractivity (Wildman–Crippen MR) is 76.3 cm³/mol. The van der Waals surface area contributed by atoms with E-state index >= 15 is 0 Å². The van der Waals surface area contributed by atoms with Gasteiger partial charge in [-0.15, -0.1) is 0 Å². The maximum Gasteiger partial charge on any atom is 0.328 e. The molecule has 1 rings (SSSR count). The van der Waals surface area contributed by atoms with Crippen LogP contribution in [0.3, 0.4) is 0 Å². The molecule has 112 valence electrons. The molecule has 0 amide bonds. The van der Waals surface area contributed by atoms with E-state index in [0.717, 1.165) is 5.56 Å². The van der Waals surface area contributed by atoms with Crippen molar-refractivity contribution in [1.29, 1.82) is 0 Å². The summed E-state index contributed by atoms with van der Waals surface area (Å²) >= 11 is 0. The van der Waals surface area contributed by atoms with E-state index in [-0.39, 0.29) is 13.0 Å². The lowest BCUT2D eigenvalue weighted by Crippen LogP contribution is -2.33. The number of benzene rings is 1. The average molecular weight is 301 g/mol. The molecule has 2 N–H and O–H groups in total. The summed E-state index contributed by atoms with van der Waals surface area (Å²) in [6, 6.07) is 6.49. The van der Waals surface area contributed by atoms with Gasteiger partial charge in [-0.3, -0.25) is 4.55 Å². The minimum Gasteiger partial charge on any atom is -0.464 e.